The number of ether oxygens (including phenoxy) is 1. The number of hydrogen-bond donors (Lipinski definition) is 0. The molecule has 8 rings (SSSR count). The van der Waals surface area contributed by atoms with Gasteiger partial charge in [-0.05, 0) is 106 Å². The van der Waals surface area contributed by atoms with Crippen LogP contribution in [0.2, 0.25) is 0 Å². The molecule has 0 amide bonds. The van der Waals surface area contributed by atoms with Gasteiger partial charge in [0.05, 0.1) is 6.61 Å². The first kappa shape index (κ1) is 20.4. The molecule has 5 atom stereocenters. The highest BCUT2D eigenvalue weighted by atomic mass is 16.5. The number of hydrogen-bond acceptors (Lipinski definition) is 3. The lowest BCUT2D eigenvalue weighted by molar-refractivity contribution is -0.172. The standard InChI is InChI=1S/C28H39NO2/c1-2-31-20-26-13-21-14-27(17-26,24-6-4-3-5-7-24)19-28(15-21,18-26)25(30)12-23-16-29-10-8-22(23)9-11-29/h3-7,21-23H,2,8-20H2,1H3/t21?,23-,26-,27+,28?/m0/s1. The molecule has 7 aliphatic rings. The molecule has 7 fully saturated rings. The highest BCUT2D eigenvalue weighted by Gasteiger charge is 2.65. The van der Waals surface area contributed by atoms with E-state index in [0.717, 1.165) is 44.8 Å². The van der Waals surface area contributed by atoms with Crippen LogP contribution in [0.4, 0.5) is 0 Å². The molecule has 1 aromatic rings. The lowest BCUT2D eigenvalue weighted by Gasteiger charge is -2.66. The molecule has 0 N–H and O–H groups in total. The van der Waals surface area contributed by atoms with E-state index < -0.39 is 0 Å². The quantitative estimate of drug-likeness (QED) is 0.604. The molecule has 4 aliphatic carbocycles. The average Bonchev–Trinajstić information content (AvgIpc) is 2.78. The van der Waals surface area contributed by atoms with Gasteiger partial charge in [-0.2, -0.15) is 0 Å². The molecule has 1 aromatic carbocycles. The molecule has 3 aliphatic heterocycles. The first-order chi connectivity index (χ1) is 15.0. The summed E-state index contributed by atoms with van der Waals surface area (Å²) in [6.45, 7) is 7.44. The number of rotatable bonds is 7. The number of nitrogens with zero attached hydrogens (tertiary/aromatic N) is 1. The molecule has 2 unspecified atom stereocenters. The van der Waals surface area contributed by atoms with Gasteiger partial charge in [-0.15, -0.1) is 0 Å². The molecule has 3 nitrogen and oxygen atoms in total. The zero-order valence-corrected chi connectivity index (χ0v) is 19.3. The summed E-state index contributed by atoms with van der Waals surface area (Å²) in [7, 11) is 0. The first-order valence-corrected chi connectivity index (χ1v) is 12.9. The van der Waals surface area contributed by atoms with Crippen LogP contribution in [0.25, 0.3) is 0 Å². The van der Waals surface area contributed by atoms with Gasteiger partial charge in [-0.25, -0.2) is 0 Å². The second-order valence-electron chi connectivity index (χ2n) is 12.1. The van der Waals surface area contributed by atoms with E-state index >= 15 is 0 Å². The van der Waals surface area contributed by atoms with Crippen molar-refractivity contribution in [3.63, 3.8) is 0 Å². The van der Waals surface area contributed by atoms with E-state index in [-0.39, 0.29) is 16.2 Å². The summed E-state index contributed by atoms with van der Waals surface area (Å²) in [5, 5.41) is 0. The van der Waals surface area contributed by atoms with Gasteiger partial charge in [0.1, 0.15) is 5.78 Å². The summed E-state index contributed by atoms with van der Waals surface area (Å²) in [5.41, 5.74) is 1.77. The van der Waals surface area contributed by atoms with E-state index in [0.29, 0.717) is 17.6 Å². The van der Waals surface area contributed by atoms with Crippen molar-refractivity contribution in [2.24, 2.45) is 28.6 Å². The molecule has 31 heavy (non-hydrogen) atoms. The number of benzene rings is 1. The second kappa shape index (κ2) is 7.42. The van der Waals surface area contributed by atoms with Gasteiger partial charge in [-0.1, -0.05) is 30.3 Å². The monoisotopic (exact) mass is 421 g/mol. The Morgan fingerprint density at radius 3 is 2.58 bits per heavy atom. The maximum absolute atomic E-state index is 14.2. The predicted molar refractivity (Wildman–Crippen MR) is 123 cm³/mol. The second-order valence-corrected chi connectivity index (χ2v) is 12.1. The third-order valence-electron chi connectivity index (χ3n) is 10.0. The van der Waals surface area contributed by atoms with Gasteiger partial charge in [0, 0.05) is 25.0 Å². The van der Waals surface area contributed by atoms with Crippen LogP contribution < -0.4 is 0 Å². The van der Waals surface area contributed by atoms with Crippen LogP contribution >= 0.6 is 0 Å². The Bertz CT molecular complexity index is 831. The summed E-state index contributed by atoms with van der Waals surface area (Å²) in [4.78, 5) is 16.8. The molecule has 4 saturated carbocycles. The van der Waals surface area contributed by atoms with E-state index in [9.17, 15) is 4.79 Å². The minimum Gasteiger partial charge on any atom is -0.381 e. The van der Waals surface area contributed by atoms with Crippen molar-refractivity contribution in [1.29, 1.82) is 0 Å². The van der Waals surface area contributed by atoms with E-state index in [1.165, 1.54) is 57.3 Å². The summed E-state index contributed by atoms with van der Waals surface area (Å²) < 4.78 is 6.10. The van der Waals surface area contributed by atoms with Crippen LogP contribution in [-0.4, -0.2) is 43.5 Å². The summed E-state index contributed by atoms with van der Waals surface area (Å²) >= 11 is 0. The highest BCUT2D eigenvalue weighted by Crippen LogP contribution is 2.70. The van der Waals surface area contributed by atoms with Crippen molar-refractivity contribution >= 4 is 5.78 Å². The van der Waals surface area contributed by atoms with E-state index in [4.69, 9.17) is 4.74 Å². The third kappa shape index (κ3) is 3.33. The Hall–Kier alpha value is -1.19. The van der Waals surface area contributed by atoms with Crippen molar-refractivity contribution in [3.8, 4) is 0 Å². The highest BCUT2D eigenvalue weighted by molar-refractivity contribution is 5.86. The molecule has 0 spiro atoms. The molecular formula is C28H39NO2. The Balaban J connectivity index is 1.32. The average molecular weight is 422 g/mol. The minimum atomic E-state index is -0.0988. The number of carbonyl (C=O) groups is 1. The van der Waals surface area contributed by atoms with Crippen molar-refractivity contribution in [2.75, 3.05) is 32.8 Å². The molecular weight excluding hydrogens is 382 g/mol. The molecule has 168 valence electrons. The van der Waals surface area contributed by atoms with Crippen LogP contribution in [0.5, 0.6) is 0 Å². The normalized spacial score (nSPS) is 45.2. The van der Waals surface area contributed by atoms with Crippen LogP contribution in [0.3, 0.4) is 0 Å². The van der Waals surface area contributed by atoms with Crippen LogP contribution in [0.15, 0.2) is 30.3 Å². The number of ketones is 1. The van der Waals surface area contributed by atoms with Crippen LogP contribution in [0, 0.1) is 28.6 Å². The molecule has 0 radical (unpaired) electrons. The Labute approximate surface area is 187 Å². The van der Waals surface area contributed by atoms with E-state index in [1.807, 2.05) is 0 Å². The topological polar surface area (TPSA) is 29.5 Å². The molecule has 0 aromatic heterocycles. The fourth-order valence-electron chi connectivity index (χ4n) is 9.32. The Morgan fingerprint density at radius 2 is 1.87 bits per heavy atom. The van der Waals surface area contributed by atoms with E-state index in [2.05, 4.69) is 42.2 Å². The van der Waals surface area contributed by atoms with Gasteiger partial charge in [-0.3, -0.25) is 4.79 Å². The fraction of sp³-hybridized carbons (Fsp3) is 0.750. The number of piperidine rings is 3. The van der Waals surface area contributed by atoms with Crippen LogP contribution in [-0.2, 0) is 14.9 Å². The lowest BCUT2D eigenvalue weighted by Crippen LogP contribution is -2.62. The largest absolute Gasteiger partial charge is 0.381 e. The third-order valence-corrected chi connectivity index (χ3v) is 10.0. The zero-order valence-electron chi connectivity index (χ0n) is 19.3. The fourth-order valence-corrected chi connectivity index (χ4v) is 9.32. The van der Waals surface area contributed by atoms with Crippen molar-refractivity contribution in [2.45, 2.75) is 70.1 Å². The van der Waals surface area contributed by atoms with Gasteiger partial charge in [0.25, 0.3) is 0 Å². The lowest BCUT2D eigenvalue weighted by atomic mass is 9.37. The van der Waals surface area contributed by atoms with Gasteiger partial charge in [0.15, 0.2) is 0 Å². The van der Waals surface area contributed by atoms with Crippen LogP contribution in [0.1, 0.15) is 70.3 Å². The molecule has 3 heteroatoms. The first-order valence-electron chi connectivity index (χ1n) is 12.9. The summed E-state index contributed by atoms with van der Waals surface area (Å²) in [6.07, 6.45) is 10.6. The van der Waals surface area contributed by atoms with E-state index in [1.54, 1.807) is 0 Å². The number of Topliss-reactive ketones (excluding diaryl/α,β-unsaturated/α-hetero) is 1. The zero-order chi connectivity index (χ0) is 21.1. The van der Waals surface area contributed by atoms with Crippen molar-refractivity contribution < 1.29 is 9.53 Å². The molecule has 3 heterocycles. The summed E-state index contributed by atoms with van der Waals surface area (Å²) in [5.74, 6) is 2.71. The molecule has 6 bridgehead atoms. The number of fused-ring (bicyclic) bond motifs is 3. The van der Waals surface area contributed by atoms with Gasteiger partial charge in [0.2, 0.25) is 0 Å². The number of carbonyl (C=O) groups excluding carboxylic acids is 1. The SMILES string of the molecule is CCOC[C@]12CC3CC(C(=O)C[C@H]4CN5CCC4CC5)(C1)C[C@@](c1ccccc1)(C3)C2. The minimum absolute atomic E-state index is 0.0988. The summed E-state index contributed by atoms with van der Waals surface area (Å²) in [6, 6.07) is 11.2. The maximum Gasteiger partial charge on any atom is 0.139 e. The Kier molecular flexibility index (Phi) is 4.89. The molecule has 3 saturated heterocycles. The maximum atomic E-state index is 14.2. The van der Waals surface area contributed by atoms with Crippen molar-refractivity contribution in [1.82, 2.24) is 4.90 Å². The van der Waals surface area contributed by atoms with Crippen molar-refractivity contribution in [3.05, 3.63) is 35.9 Å². The smallest absolute Gasteiger partial charge is 0.139 e. The predicted octanol–water partition coefficient (Wildman–Crippen LogP) is 5.23. The van der Waals surface area contributed by atoms with Gasteiger partial charge >= 0.3 is 0 Å². The van der Waals surface area contributed by atoms with Gasteiger partial charge < -0.3 is 9.64 Å². The Morgan fingerprint density at radius 1 is 1.06 bits per heavy atom.